The summed E-state index contributed by atoms with van der Waals surface area (Å²) in [5.41, 5.74) is 0. The maximum Gasteiger partial charge on any atom is 0.185 e. The van der Waals surface area contributed by atoms with Crippen LogP contribution in [-0.2, 0) is 9.05 Å². The number of rotatable bonds is 16. The number of thiol groups is 1. The monoisotopic (exact) mass is 428 g/mol. The van der Waals surface area contributed by atoms with E-state index in [1.165, 1.54) is 25.2 Å². The third-order valence-electron chi connectivity index (χ3n) is 3.71. The molecule has 0 radical (unpaired) electrons. The summed E-state index contributed by atoms with van der Waals surface area (Å²) in [6.45, 7) is 15.0. The summed E-state index contributed by atoms with van der Waals surface area (Å²) in [7, 11) is 1.19. The van der Waals surface area contributed by atoms with Crippen molar-refractivity contribution in [3.05, 3.63) is 0 Å². The minimum absolute atomic E-state index is 0.716. The molecule has 26 heavy (non-hydrogen) atoms. The van der Waals surface area contributed by atoms with E-state index < -0.39 is 15.3 Å². The maximum absolute atomic E-state index is 5.84. The summed E-state index contributed by atoms with van der Waals surface area (Å²) < 4.78 is 13.6. The molecule has 0 rings (SSSR count). The Morgan fingerprint density at radius 3 is 1.85 bits per heavy atom. The Kier molecular flexibility index (Phi) is 21.6. The normalized spacial score (nSPS) is 12.0. The van der Waals surface area contributed by atoms with Gasteiger partial charge < -0.3 is 9.05 Å². The average molecular weight is 429 g/mol. The minimum atomic E-state index is -1.14. The molecule has 0 aromatic rings. The molecular formula is C19H46N2O2P2S. The van der Waals surface area contributed by atoms with Gasteiger partial charge in [0.25, 0.3) is 0 Å². The second-order valence-corrected chi connectivity index (χ2v) is 12.4. The summed E-state index contributed by atoms with van der Waals surface area (Å²) in [5, 5.41) is 0. The highest BCUT2D eigenvalue weighted by atomic mass is 32.1. The Morgan fingerprint density at radius 1 is 0.962 bits per heavy atom. The van der Waals surface area contributed by atoms with Crippen molar-refractivity contribution in [1.29, 1.82) is 0 Å². The van der Waals surface area contributed by atoms with Crippen molar-refractivity contribution in [3.63, 3.8) is 0 Å². The predicted octanol–water partition coefficient (Wildman–Crippen LogP) is 6.05. The standard InChI is InChI=1S/C17H40N2O2P2S.C2H6/c1-7-14-23(6,15-8-2)17-19(13-11-12-18(5)24)16-22(20-9-3)21-10-4;1-2/h24H,6-17H2,1-5H3;1-2H3. The molecule has 0 saturated carbocycles. The zero-order valence-corrected chi connectivity index (χ0v) is 21.2. The first kappa shape index (κ1) is 29.1. The van der Waals surface area contributed by atoms with Gasteiger partial charge in [-0.1, -0.05) is 66.5 Å². The van der Waals surface area contributed by atoms with Crippen LogP contribution >= 0.6 is 28.1 Å². The zero-order valence-electron chi connectivity index (χ0n) is 18.5. The Balaban J connectivity index is 0. The minimum Gasteiger partial charge on any atom is -0.333 e. The van der Waals surface area contributed by atoms with E-state index in [9.17, 15) is 0 Å². The van der Waals surface area contributed by atoms with Crippen molar-refractivity contribution in [2.24, 2.45) is 0 Å². The van der Waals surface area contributed by atoms with Gasteiger partial charge in [0.15, 0.2) is 8.38 Å². The van der Waals surface area contributed by atoms with Crippen LogP contribution in [0.5, 0.6) is 0 Å². The fourth-order valence-electron chi connectivity index (χ4n) is 2.91. The van der Waals surface area contributed by atoms with Crippen LogP contribution in [0, 0.1) is 0 Å². The Morgan fingerprint density at radius 2 is 1.46 bits per heavy atom. The fourth-order valence-corrected chi connectivity index (χ4v) is 8.08. The highest BCUT2D eigenvalue weighted by molar-refractivity contribution is 7.77. The average Bonchev–Trinajstić information content (AvgIpc) is 2.57. The summed E-state index contributed by atoms with van der Waals surface area (Å²) in [5.74, 6) is 0. The van der Waals surface area contributed by atoms with Crippen LogP contribution in [-0.4, -0.2) is 73.8 Å². The summed E-state index contributed by atoms with van der Waals surface area (Å²) in [4.78, 5) is 2.56. The van der Waals surface area contributed by atoms with Crippen LogP contribution in [0.15, 0.2) is 0 Å². The summed E-state index contributed by atoms with van der Waals surface area (Å²) in [6.07, 6.45) is 12.9. The number of hydrogen-bond donors (Lipinski definition) is 1. The fraction of sp³-hybridized carbons (Fsp3) is 0.947. The third kappa shape index (κ3) is 15.9. The third-order valence-corrected chi connectivity index (χ3v) is 9.43. The second kappa shape index (κ2) is 19.2. The summed E-state index contributed by atoms with van der Waals surface area (Å²) >= 11 is 4.35. The van der Waals surface area contributed by atoms with Crippen molar-refractivity contribution in [2.45, 2.75) is 60.8 Å². The van der Waals surface area contributed by atoms with Crippen molar-refractivity contribution in [2.75, 3.05) is 58.2 Å². The van der Waals surface area contributed by atoms with Crippen LogP contribution in [0.1, 0.15) is 60.8 Å². The van der Waals surface area contributed by atoms with Crippen LogP contribution in [0.2, 0.25) is 0 Å². The predicted molar refractivity (Wildman–Crippen MR) is 129 cm³/mol. The SMILES string of the molecule is C=P(CCC)(CCC)CN(CCCN(C)S)CP(OCC)OCC.CC. The molecule has 4 nitrogen and oxygen atoms in total. The Hall–Kier alpha value is 0.920. The molecule has 0 aliphatic carbocycles. The van der Waals surface area contributed by atoms with Gasteiger partial charge in [0.1, 0.15) is 0 Å². The molecule has 0 fully saturated rings. The topological polar surface area (TPSA) is 24.9 Å². The van der Waals surface area contributed by atoms with Gasteiger partial charge in [-0.2, -0.15) is 0 Å². The molecule has 0 spiro atoms. The quantitative estimate of drug-likeness (QED) is 0.239. The molecule has 0 bridgehead atoms. The lowest BCUT2D eigenvalue weighted by Crippen LogP contribution is -2.30. The van der Waals surface area contributed by atoms with E-state index in [4.69, 9.17) is 15.3 Å². The van der Waals surface area contributed by atoms with Gasteiger partial charge in [0, 0.05) is 19.4 Å². The lowest BCUT2D eigenvalue weighted by atomic mass is 10.4. The molecule has 7 heteroatoms. The van der Waals surface area contributed by atoms with Gasteiger partial charge in [-0.25, -0.2) is 0 Å². The molecule has 0 heterocycles. The lowest BCUT2D eigenvalue weighted by molar-refractivity contribution is 0.245. The van der Waals surface area contributed by atoms with Crippen LogP contribution in [0.4, 0.5) is 0 Å². The molecule has 0 N–H and O–H groups in total. The second-order valence-electron chi connectivity index (χ2n) is 6.37. The Bertz CT molecular complexity index is 332. The van der Waals surface area contributed by atoms with E-state index in [1.54, 1.807) is 0 Å². The van der Waals surface area contributed by atoms with Gasteiger partial charge >= 0.3 is 0 Å². The van der Waals surface area contributed by atoms with Gasteiger partial charge in [-0.05, 0) is 39.6 Å². The lowest BCUT2D eigenvalue weighted by Gasteiger charge is -2.33. The van der Waals surface area contributed by atoms with Gasteiger partial charge in [-0.15, -0.1) is 0 Å². The van der Waals surface area contributed by atoms with Crippen molar-refractivity contribution < 1.29 is 9.05 Å². The molecule has 0 saturated heterocycles. The molecule has 0 aliphatic heterocycles. The van der Waals surface area contributed by atoms with Crippen LogP contribution in [0.3, 0.4) is 0 Å². The van der Waals surface area contributed by atoms with Crippen molar-refractivity contribution >= 4 is 34.4 Å². The molecule has 0 aromatic carbocycles. The first-order valence-electron chi connectivity index (χ1n) is 10.3. The summed E-state index contributed by atoms with van der Waals surface area (Å²) in [6, 6.07) is 0. The molecule has 0 aliphatic rings. The van der Waals surface area contributed by atoms with Crippen molar-refractivity contribution in [1.82, 2.24) is 9.21 Å². The maximum atomic E-state index is 5.84. The number of nitrogens with zero attached hydrogens (tertiary/aromatic N) is 2. The van der Waals surface area contributed by atoms with Gasteiger partial charge in [-0.3, -0.25) is 9.21 Å². The van der Waals surface area contributed by atoms with Gasteiger partial charge in [0.05, 0.1) is 19.5 Å². The molecule has 160 valence electrons. The molecule has 0 amide bonds. The van der Waals surface area contributed by atoms with E-state index in [1.807, 2.05) is 39.0 Å². The zero-order chi connectivity index (χ0) is 20.4. The highest BCUT2D eigenvalue weighted by Crippen LogP contribution is 2.48. The van der Waals surface area contributed by atoms with Gasteiger partial charge in [0.2, 0.25) is 0 Å². The van der Waals surface area contributed by atoms with E-state index in [-0.39, 0.29) is 0 Å². The van der Waals surface area contributed by atoms with E-state index in [2.05, 4.69) is 31.6 Å². The van der Waals surface area contributed by atoms with E-state index >= 15 is 0 Å². The van der Waals surface area contributed by atoms with Crippen LogP contribution < -0.4 is 0 Å². The Labute approximate surface area is 171 Å². The number of hydrogen-bond acceptors (Lipinski definition) is 5. The largest absolute Gasteiger partial charge is 0.333 e. The van der Waals surface area contributed by atoms with E-state index in [0.29, 0.717) is 13.2 Å². The first-order valence-corrected chi connectivity index (χ1v) is 14.6. The molecular weight excluding hydrogens is 382 g/mol. The molecule has 0 unspecified atom stereocenters. The highest BCUT2D eigenvalue weighted by Gasteiger charge is 2.21. The first-order chi connectivity index (χ1) is 12.4. The van der Waals surface area contributed by atoms with Crippen molar-refractivity contribution in [3.8, 4) is 0 Å². The molecule has 0 atom stereocenters. The van der Waals surface area contributed by atoms with Crippen LogP contribution in [0.25, 0.3) is 0 Å². The smallest absolute Gasteiger partial charge is 0.185 e. The van der Waals surface area contributed by atoms with E-state index in [0.717, 1.165) is 32.1 Å². The molecule has 0 aromatic heterocycles.